The van der Waals surface area contributed by atoms with Gasteiger partial charge < -0.3 is 9.80 Å². The number of halogens is 1. The van der Waals surface area contributed by atoms with Crippen LogP contribution in [-0.4, -0.2) is 56.5 Å². The maximum absolute atomic E-state index is 5.99. The minimum Gasteiger partial charge on any atom is -0.308 e. The topological polar surface area (TPSA) is 6.48 Å². The van der Waals surface area contributed by atoms with Crippen molar-refractivity contribution in [1.29, 1.82) is 0 Å². The summed E-state index contributed by atoms with van der Waals surface area (Å²) in [6, 6.07) is 0. The highest BCUT2D eigenvalue weighted by Gasteiger charge is 2.05. The maximum atomic E-state index is 5.99. The summed E-state index contributed by atoms with van der Waals surface area (Å²) in [5.74, 6) is 0. The SMILES string of the molecule is CN(C)CC(Cl)CN(C)C. The van der Waals surface area contributed by atoms with Crippen molar-refractivity contribution in [2.75, 3.05) is 41.3 Å². The lowest BCUT2D eigenvalue weighted by molar-refractivity contribution is 0.345. The van der Waals surface area contributed by atoms with Crippen LogP contribution in [0.5, 0.6) is 0 Å². The van der Waals surface area contributed by atoms with E-state index in [1.165, 1.54) is 0 Å². The Bertz CT molecular complexity index is 73.7. The van der Waals surface area contributed by atoms with E-state index in [-0.39, 0.29) is 5.38 Å². The van der Waals surface area contributed by atoms with Crippen molar-refractivity contribution in [1.82, 2.24) is 9.80 Å². The predicted octanol–water partition coefficient (Wildman–Crippen LogP) is 0.717. The van der Waals surface area contributed by atoms with Gasteiger partial charge in [-0.15, -0.1) is 11.6 Å². The zero-order valence-electron chi connectivity index (χ0n) is 7.26. The van der Waals surface area contributed by atoms with Crippen molar-refractivity contribution in [3.8, 4) is 0 Å². The first-order valence-electron chi connectivity index (χ1n) is 3.46. The summed E-state index contributed by atoms with van der Waals surface area (Å²) in [5, 5.41) is 0.241. The molecule has 0 aromatic heterocycles. The quantitative estimate of drug-likeness (QED) is 0.565. The molecule has 0 fully saturated rings. The number of hydrogen-bond donors (Lipinski definition) is 0. The van der Waals surface area contributed by atoms with Crippen LogP contribution in [0.1, 0.15) is 0 Å². The Morgan fingerprint density at radius 2 is 1.30 bits per heavy atom. The normalized spacial score (nSPS) is 12.0. The van der Waals surface area contributed by atoms with Gasteiger partial charge in [-0.25, -0.2) is 0 Å². The molecule has 0 aliphatic heterocycles. The van der Waals surface area contributed by atoms with Crippen LogP contribution in [0.3, 0.4) is 0 Å². The summed E-state index contributed by atoms with van der Waals surface area (Å²) in [4.78, 5) is 4.20. The number of alkyl halides is 1. The van der Waals surface area contributed by atoms with Crippen LogP contribution in [-0.2, 0) is 0 Å². The Morgan fingerprint density at radius 3 is 1.50 bits per heavy atom. The Kier molecular flexibility index (Phi) is 5.04. The molecule has 0 heterocycles. The maximum Gasteiger partial charge on any atom is 0.0589 e. The van der Waals surface area contributed by atoms with Crippen molar-refractivity contribution in [2.24, 2.45) is 0 Å². The molecule has 0 saturated carbocycles. The molecule has 62 valence electrons. The summed E-state index contributed by atoms with van der Waals surface area (Å²) >= 11 is 5.99. The fourth-order valence-corrected chi connectivity index (χ4v) is 1.40. The van der Waals surface area contributed by atoms with Gasteiger partial charge in [0.1, 0.15) is 0 Å². The van der Waals surface area contributed by atoms with Gasteiger partial charge >= 0.3 is 0 Å². The van der Waals surface area contributed by atoms with E-state index in [0.29, 0.717) is 0 Å². The second-order valence-corrected chi connectivity index (χ2v) is 3.74. The minimum absolute atomic E-state index is 0.241. The summed E-state index contributed by atoms with van der Waals surface area (Å²) in [5.41, 5.74) is 0. The second-order valence-electron chi connectivity index (χ2n) is 3.12. The highest BCUT2D eigenvalue weighted by Crippen LogP contribution is 1.97. The van der Waals surface area contributed by atoms with Gasteiger partial charge in [0.25, 0.3) is 0 Å². The largest absolute Gasteiger partial charge is 0.308 e. The van der Waals surface area contributed by atoms with Crippen LogP contribution in [0.15, 0.2) is 0 Å². The molecule has 0 rings (SSSR count). The van der Waals surface area contributed by atoms with Crippen molar-refractivity contribution < 1.29 is 0 Å². The van der Waals surface area contributed by atoms with E-state index in [4.69, 9.17) is 11.6 Å². The molecular weight excluding hydrogens is 148 g/mol. The molecule has 0 aromatic rings. The Labute approximate surface area is 68.8 Å². The van der Waals surface area contributed by atoms with Crippen molar-refractivity contribution in [2.45, 2.75) is 5.38 Å². The Hall–Kier alpha value is 0.210. The zero-order chi connectivity index (χ0) is 8.15. The molecule has 0 unspecified atom stereocenters. The lowest BCUT2D eigenvalue weighted by atomic mass is 10.4. The standard InChI is InChI=1S/C7H17ClN2/c1-9(2)5-7(8)6-10(3)4/h7H,5-6H2,1-4H3. The summed E-state index contributed by atoms with van der Waals surface area (Å²) < 4.78 is 0. The molecule has 0 amide bonds. The van der Waals surface area contributed by atoms with Gasteiger partial charge in [0, 0.05) is 13.1 Å². The van der Waals surface area contributed by atoms with Crippen LogP contribution >= 0.6 is 11.6 Å². The lowest BCUT2D eigenvalue weighted by Crippen LogP contribution is -2.30. The average Bonchev–Trinajstić information content (AvgIpc) is 1.58. The first kappa shape index (κ1) is 10.2. The van der Waals surface area contributed by atoms with E-state index in [9.17, 15) is 0 Å². The average molecular weight is 165 g/mol. The van der Waals surface area contributed by atoms with Gasteiger partial charge in [0.2, 0.25) is 0 Å². The molecule has 0 atom stereocenters. The third kappa shape index (κ3) is 6.33. The van der Waals surface area contributed by atoms with Crippen LogP contribution < -0.4 is 0 Å². The highest BCUT2D eigenvalue weighted by atomic mass is 35.5. The third-order valence-electron chi connectivity index (χ3n) is 1.13. The van der Waals surface area contributed by atoms with Gasteiger partial charge in [-0.05, 0) is 28.2 Å². The van der Waals surface area contributed by atoms with E-state index >= 15 is 0 Å². The molecule has 0 radical (unpaired) electrons. The van der Waals surface area contributed by atoms with Crippen molar-refractivity contribution in [3.63, 3.8) is 0 Å². The van der Waals surface area contributed by atoms with E-state index < -0.39 is 0 Å². The Morgan fingerprint density at radius 1 is 1.00 bits per heavy atom. The Balaban J connectivity index is 3.34. The first-order chi connectivity index (χ1) is 4.52. The van der Waals surface area contributed by atoms with Crippen LogP contribution in [0.4, 0.5) is 0 Å². The van der Waals surface area contributed by atoms with Crippen LogP contribution in [0.2, 0.25) is 0 Å². The summed E-state index contributed by atoms with van der Waals surface area (Å²) in [6.07, 6.45) is 0. The van der Waals surface area contributed by atoms with Gasteiger partial charge in [0.05, 0.1) is 5.38 Å². The molecule has 2 nitrogen and oxygen atoms in total. The first-order valence-corrected chi connectivity index (χ1v) is 3.89. The fraction of sp³-hybridized carbons (Fsp3) is 1.00. The molecule has 10 heavy (non-hydrogen) atoms. The monoisotopic (exact) mass is 164 g/mol. The number of nitrogens with zero attached hydrogens (tertiary/aromatic N) is 2. The van der Waals surface area contributed by atoms with E-state index in [1.54, 1.807) is 0 Å². The van der Waals surface area contributed by atoms with Gasteiger partial charge in [-0.3, -0.25) is 0 Å². The summed E-state index contributed by atoms with van der Waals surface area (Å²) in [7, 11) is 8.13. The summed E-state index contributed by atoms with van der Waals surface area (Å²) in [6.45, 7) is 1.89. The smallest absolute Gasteiger partial charge is 0.0589 e. The molecule has 0 aliphatic rings. The number of hydrogen-bond acceptors (Lipinski definition) is 2. The fourth-order valence-electron chi connectivity index (χ4n) is 0.850. The molecular formula is C7H17ClN2. The predicted molar refractivity (Wildman–Crippen MR) is 46.7 cm³/mol. The van der Waals surface area contributed by atoms with Gasteiger partial charge in [0.15, 0.2) is 0 Å². The lowest BCUT2D eigenvalue weighted by Gasteiger charge is -2.18. The van der Waals surface area contributed by atoms with Crippen molar-refractivity contribution in [3.05, 3.63) is 0 Å². The third-order valence-corrected chi connectivity index (χ3v) is 1.40. The molecule has 0 saturated heterocycles. The molecule has 0 bridgehead atoms. The molecule has 0 aliphatic carbocycles. The van der Waals surface area contributed by atoms with Crippen LogP contribution in [0, 0.1) is 0 Å². The van der Waals surface area contributed by atoms with Gasteiger partial charge in [-0.1, -0.05) is 0 Å². The minimum atomic E-state index is 0.241. The molecule has 3 heteroatoms. The van der Waals surface area contributed by atoms with Gasteiger partial charge in [-0.2, -0.15) is 0 Å². The molecule has 0 N–H and O–H groups in total. The van der Waals surface area contributed by atoms with E-state index in [1.807, 2.05) is 28.2 Å². The van der Waals surface area contributed by atoms with E-state index in [0.717, 1.165) is 13.1 Å². The van der Waals surface area contributed by atoms with Crippen LogP contribution in [0.25, 0.3) is 0 Å². The molecule has 0 aromatic carbocycles. The molecule has 0 spiro atoms. The highest BCUT2D eigenvalue weighted by molar-refractivity contribution is 6.21. The zero-order valence-corrected chi connectivity index (χ0v) is 8.02. The number of rotatable bonds is 4. The van der Waals surface area contributed by atoms with E-state index in [2.05, 4.69) is 9.80 Å². The second kappa shape index (κ2) is 4.94. The van der Waals surface area contributed by atoms with Crippen molar-refractivity contribution >= 4 is 11.6 Å².